The van der Waals surface area contributed by atoms with Crippen LogP contribution in [0.2, 0.25) is 0 Å². The number of likely N-dealkylation sites (tertiary alicyclic amines) is 1. The zero-order valence-electron chi connectivity index (χ0n) is 17.4. The smallest absolute Gasteiger partial charge is 0.253 e. The van der Waals surface area contributed by atoms with E-state index < -0.39 is 5.60 Å². The number of fused-ring (bicyclic) bond motifs is 1. The number of nitrogens with one attached hydrogen (secondary N) is 2. The first-order valence-electron chi connectivity index (χ1n) is 10.4. The number of para-hydroxylation sites is 1. The lowest BCUT2D eigenvalue weighted by Crippen LogP contribution is -2.47. The Kier molecular flexibility index (Phi) is 6.01. The van der Waals surface area contributed by atoms with Crippen LogP contribution in [0, 0.1) is 5.92 Å². The van der Waals surface area contributed by atoms with Gasteiger partial charge in [0.25, 0.3) is 5.91 Å². The molecule has 30 heavy (non-hydrogen) atoms. The number of hydrogen-bond acceptors (Lipinski definition) is 5. The quantitative estimate of drug-likeness (QED) is 0.500. The van der Waals surface area contributed by atoms with Gasteiger partial charge in [-0.05, 0) is 73.5 Å². The zero-order chi connectivity index (χ0) is 21.1. The molecule has 0 atom stereocenters. The van der Waals surface area contributed by atoms with Gasteiger partial charge in [-0.15, -0.1) is 0 Å². The van der Waals surface area contributed by atoms with E-state index in [0.29, 0.717) is 37.4 Å². The third-order valence-corrected chi connectivity index (χ3v) is 6.48. The molecule has 0 radical (unpaired) electrons. The molecular formula is C23H28N4O2S. The van der Waals surface area contributed by atoms with Crippen LogP contribution in [0.5, 0.6) is 0 Å². The second-order valence-electron chi connectivity index (χ2n) is 8.45. The van der Waals surface area contributed by atoms with Gasteiger partial charge in [-0.25, -0.2) is 4.98 Å². The van der Waals surface area contributed by atoms with Crippen LogP contribution < -0.4 is 4.72 Å². The van der Waals surface area contributed by atoms with Crippen molar-refractivity contribution in [3.05, 3.63) is 54.4 Å². The Hall–Kier alpha value is -2.51. The lowest BCUT2D eigenvalue weighted by Gasteiger charge is -2.39. The van der Waals surface area contributed by atoms with Crippen LogP contribution in [0.4, 0.5) is 5.69 Å². The van der Waals surface area contributed by atoms with Crippen molar-refractivity contribution in [1.82, 2.24) is 14.9 Å². The Morgan fingerprint density at radius 1 is 1.23 bits per heavy atom. The molecule has 0 saturated carbocycles. The number of hydrogen-bond donors (Lipinski definition) is 3. The molecular weight excluding hydrogens is 396 g/mol. The maximum atomic E-state index is 12.8. The highest BCUT2D eigenvalue weighted by atomic mass is 32.2. The second kappa shape index (κ2) is 8.70. The molecule has 2 heterocycles. The van der Waals surface area contributed by atoms with Crippen LogP contribution in [0.1, 0.15) is 43.5 Å². The van der Waals surface area contributed by atoms with Gasteiger partial charge in [0.2, 0.25) is 0 Å². The Bertz CT molecular complexity index is 1010. The fraction of sp³-hybridized carbons (Fsp3) is 0.391. The number of aliphatic hydroxyl groups is 1. The van der Waals surface area contributed by atoms with E-state index in [2.05, 4.69) is 28.5 Å². The first kappa shape index (κ1) is 20.8. The molecule has 0 bridgehead atoms. The predicted octanol–water partition coefficient (Wildman–Crippen LogP) is 4.70. The molecule has 1 amide bonds. The second-order valence-corrected chi connectivity index (χ2v) is 9.30. The predicted molar refractivity (Wildman–Crippen MR) is 122 cm³/mol. The Morgan fingerprint density at radius 3 is 2.67 bits per heavy atom. The van der Waals surface area contributed by atoms with E-state index in [1.54, 1.807) is 6.33 Å². The van der Waals surface area contributed by atoms with Crippen LogP contribution >= 0.6 is 11.9 Å². The summed E-state index contributed by atoms with van der Waals surface area (Å²) in [6.07, 6.45) is 3.77. The summed E-state index contributed by atoms with van der Waals surface area (Å²) in [5.74, 6) is 0.484. The minimum Gasteiger partial charge on any atom is -0.390 e. The first-order valence-corrected chi connectivity index (χ1v) is 11.2. The molecule has 2 aromatic carbocycles. The third kappa shape index (κ3) is 4.63. The molecule has 0 spiro atoms. The van der Waals surface area contributed by atoms with Crippen LogP contribution in [-0.4, -0.2) is 44.6 Å². The molecule has 0 unspecified atom stereocenters. The van der Waals surface area contributed by atoms with E-state index in [1.165, 1.54) is 11.9 Å². The van der Waals surface area contributed by atoms with Gasteiger partial charge < -0.3 is 19.7 Å². The van der Waals surface area contributed by atoms with Crippen LogP contribution in [-0.2, 0) is 0 Å². The highest BCUT2D eigenvalue weighted by Crippen LogP contribution is 2.30. The summed E-state index contributed by atoms with van der Waals surface area (Å²) in [5.41, 5.74) is 2.91. The molecule has 1 aromatic heterocycles. The summed E-state index contributed by atoms with van der Waals surface area (Å²) in [6.45, 7) is 5.45. The Labute approximate surface area is 181 Å². The average Bonchev–Trinajstić information content (AvgIpc) is 3.21. The van der Waals surface area contributed by atoms with Crippen molar-refractivity contribution in [1.29, 1.82) is 0 Å². The first-order chi connectivity index (χ1) is 14.4. The van der Waals surface area contributed by atoms with Crippen LogP contribution in [0.3, 0.4) is 0 Å². The molecule has 3 N–H and O–H groups in total. The number of benzene rings is 2. The number of H-pyrrole nitrogens is 1. The summed E-state index contributed by atoms with van der Waals surface area (Å²) in [6, 6.07) is 13.6. The minimum absolute atomic E-state index is 0.0297. The van der Waals surface area contributed by atoms with Crippen molar-refractivity contribution in [2.24, 2.45) is 5.92 Å². The summed E-state index contributed by atoms with van der Waals surface area (Å²) in [7, 11) is 0. The maximum absolute atomic E-state index is 12.8. The van der Waals surface area contributed by atoms with E-state index >= 15 is 0 Å². The SMILES string of the molecule is CC(C)CC1(O)CCN(C(=O)c2ccc(NSc3cccc4[nH]cnc34)cc2)CC1. The van der Waals surface area contributed by atoms with Crippen molar-refractivity contribution < 1.29 is 9.90 Å². The summed E-state index contributed by atoms with van der Waals surface area (Å²) in [4.78, 5) is 23.2. The number of carbonyl (C=O) groups is 1. The number of aromatic nitrogens is 2. The lowest BCUT2D eigenvalue weighted by atomic mass is 9.84. The molecule has 7 heteroatoms. The topological polar surface area (TPSA) is 81.2 Å². The normalized spacial score (nSPS) is 16.2. The molecule has 0 aliphatic carbocycles. The summed E-state index contributed by atoms with van der Waals surface area (Å²) < 4.78 is 3.32. The van der Waals surface area contributed by atoms with Crippen molar-refractivity contribution in [3.8, 4) is 0 Å². The van der Waals surface area contributed by atoms with Crippen molar-refractivity contribution >= 4 is 34.6 Å². The highest BCUT2D eigenvalue weighted by molar-refractivity contribution is 8.00. The highest BCUT2D eigenvalue weighted by Gasteiger charge is 2.34. The molecule has 1 aliphatic heterocycles. The summed E-state index contributed by atoms with van der Waals surface area (Å²) >= 11 is 1.50. The molecule has 3 aromatic rings. The number of imidazole rings is 1. The zero-order valence-corrected chi connectivity index (χ0v) is 18.2. The Balaban J connectivity index is 1.34. The van der Waals surface area contributed by atoms with Gasteiger partial charge in [-0.3, -0.25) is 4.79 Å². The van der Waals surface area contributed by atoms with Crippen molar-refractivity contribution in [2.45, 2.75) is 43.6 Å². The lowest BCUT2D eigenvalue weighted by molar-refractivity contribution is -0.0311. The van der Waals surface area contributed by atoms with Crippen molar-refractivity contribution in [2.75, 3.05) is 17.8 Å². The van der Waals surface area contributed by atoms with Crippen molar-refractivity contribution in [3.63, 3.8) is 0 Å². The van der Waals surface area contributed by atoms with Gasteiger partial charge >= 0.3 is 0 Å². The Morgan fingerprint density at radius 2 is 1.97 bits per heavy atom. The van der Waals surface area contributed by atoms with E-state index in [4.69, 9.17) is 0 Å². The van der Waals surface area contributed by atoms with E-state index in [0.717, 1.165) is 28.0 Å². The molecule has 6 nitrogen and oxygen atoms in total. The molecule has 158 valence electrons. The van der Waals surface area contributed by atoms with E-state index in [9.17, 15) is 9.90 Å². The van der Waals surface area contributed by atoms with E-state index in [1.807, 2.05) is 47.4 Å². The van der Waals surface area contributed by atoms with Gasteiger partial charge in [0.15, 0.2) is 0 Å². The van der Waals surface area contributed by atoms with E-state index in [-0.39, 0.29) is 5.91 Å². The standard InChI is InChI=1S/C23H28N4O2S/c1-16(2)14-23(29)10-12-27(13-11-23)22(28)17-6-8-18(9-7-17)26-30-20-5-3-4-19-21(20)25-15-24-19/h3-9,15-16,26,29H,10-14H2,1-2H3,(H,24,25). The number of anilines is 1. The number of carbonyl (C=O) groups excluding carboxylic acids is 1. The molecule has 1 aliphatic rings. The number of rotatable bonds is 6. The number of aromatic amines is 1. The largest absolute Gasteiger partial charge is 0.390 e. The molecule has 1 fully saturated rings. The number of amides is 1. The number of piperidine rings is 1. The van der Waals surface area contributed by atoms with Crippen LogP contribution in [0.15, 0.2) is 53.7 Å². The molecule has 1 saturated heterocycles. The number of nitrogens with zero attached hydrogens (tertiary/aromatic N) is 2. The minimum atomic E-state index is -0.632. The van der Waals surface area contributed by atoms with Crippen LogP contribution in [0.25, 0.3) is 11.0 Å². The fourth-order valence-corrected chi connectivity index (χ4v) is 4.86. The summed E-state index contributed by atoms with van der Waals surface area (Å²) in [5, 5.41) is 10.7. The monoisotopic (exact) mass is 424 g/mol. The fourth-order valence-electron chi connectivity index (χ4n) is 4.09. The third-order valence-electron chi connectivity index (χ3n) is 5.59. The maximum Gasteiger partial charge on any atom is 0.253 e. The van der Waals surface area contributed by atoms with Gasteiger partial charge in [-0.1, -0.05) is 19.9 Å². The van der Waals surface area contributed by atoms with Gasteiger partial charge in [0, 0.05) is 24.3 Å². The van der Waals surface area contributed by atoms with Gasteiger partial charge in [0.1, 0.15) is 5.52 Å². The average molecular weight is 425 g/mol. The van der Waals surface area contributed by atoms with Gasteiger partial charge in [-0.2, -0.15) is 0 Å². The molecule has 4 rings (SSSR count). The van der Waals surface area contributed by atoms with Gasteiger partial charge in [0.05, 0.1) is 22.3 Å².